The quantitative estimate of drug-likeness (QED) is 0.221. The van der Waals surface area contributed by atoms with E-state index in [1.807, 2.05) is 45.9 Å². The zero-order valence-electron chi connectivity index (χ0n) is 19.4. The van der Waals surface area contributed by atoms with Crippen molar-refractivity contribution in [3.63, 3.8) is 0 Å². The largest absolute Gasteiger partial charge is 0.491 e. The van der Waals surface area contributed by atoms with Crippen LogP contribution < -0.4 is 14.2 Å². The fourth-order valence-electron chi connectivity index (χ4n) is 2.56. The lowest BCUT2D eigenvalue weighted by atomic mass is 9.97. The number of hydrogen-bond donors (Lipinski definition) is 0. The van der Waals surface area contributed by atoms with Crippen LogP contribution in [-0.4, -0.2) is 24.0 Å². The van der Waals surface area contributed by atoms with Gasteiger partial charge in [0.05, 0.1) is 17.6 Å². The van der Waals surface area contributed by atoms with Crippen molar-refractivity contribution in [2.45, 2.75) is 60.7 Å². The van der Waals surface area contributed by atoms with Gasteiger partial charge in [-0.05, 0) is 97.0 Å². The topological polar surface area (TPSA) is 61.8 Å². The highest BCUT2D eigenvalue weighted by molar-refractivity contribution is 6.07. The number of hydrogen-bond acceptors (Lipinski definition) is 5. The minimum Gasteiger partial charge on any atom is -0.491 e. The molecule has 0 unspecified atom stereocenters. The molecule has 0 heterocycles. The lowest BCUT2D eigenvalue weighted by Gasteiger charge is -2.16. The van der Waals surface area contributed by atoms with E-state index in [4.69, 9.17) is 14.2 Å². The van der Waals surface area contributed by atoms with Crippen LogP contribution in [0.3, 0.4) is 0 Å². The van der Waals surface area contributed by atoms with Crippen molar-refractivity contribution >= 4 is 17.8 Å². The second-order valence-electron chi connectivity index (χ2n) is 8.89. The van der Waals surface area contributed by atoms with Gasteiger partial charge in [-0.15, -0.1) is 0 Å². The van der Waals surface area contributed by atoms with Gasteiger partial charge in [0.15, 0.2) is 5.78 Å². The molecule has 2 rings (SSSR count). The van der Waals surface area contributed by atoms with Crippen LogP contribution in [0.1, 0.15) is 64.4 Å². The second kappa shape index (κ2) is 10.3. The molecule has 2 aromatic rings. The van der Waals surface area contributed by atoms with Gasteiger partial charge in [0.2, 0.25) is 0 Å². The van der Waals surface area contributed by atoms with Gasteiger partial charge in [-0.25, -0.2) is 0 Å². The van der Waals surface area contributed by atoms with Gasteiger partial charge in [0.1, 0.15) is 17.2 Å². The Morgan fingerprint density at radius 2 is 1.42 bits per heavy atom. The number of esters is 1. The van der Waals surface area contributed by atoms with Crippen LogP contribution >= 0.6 is 0 Å². The number of allylic oxidation sites excluding steroid dienone is 1. The Morgan fingerprint density at radius 1 is 0.839 bits per heavy atom. The summed E-state index contributed by atoms with van der Waals surface area (Å²) in [7, 11) is 0. The first-order chi connectivity index (χ1) is 14.5. The molecule has 0 saturated heterocycles. The van der Waals surface area contributed by atoms with E-state index >= 15 is 0 Å². The minimum atomic E-state index is -0.594. The van der Waals surface area contributed by atoms with Crippen molar-refractivity contribution in [1.82, 2.24) is 0 Å². The molecular weight excluding hydrogens is 392 g/mol. The summed E-state index contributed by atoms with van der Waals surface area (Å²) in [5.74, 6) is 1.30. The first-order valence-electron chi connectivity index (χ1n) is 10.5. The van der Waals surface area contributed by atoms with Crippen LogP contribution in [0.2, 0.25) is 0 Å². The third-order valence-corrected chi connectivity index (χ3v) is 4.10. The molecule has 0 spiro atoms. The summed E-state index contributed by atoms with van der Waals surface area (Å²) in [4.78, 5) is 24.6. The van der Waals surface area contributed by atoms with Crippen molar-refractivity contribution in [2.75, 3.05) is 0 Å². The lowest BCUT2D eigenvalue weighted by Crippen LogP contribution is -2.25. The summed E-state index contributed by atoms with van der Waals surface area (Å²) in [6.45, 7) is 13.2. The molecule has 0 aromatic heterocycles. The predicted molar refractivity (Wildman–Crippen MR) is 123 cm³/mol. The first-order valence-corrected chi connectivity index (χ1v) is 10.5. The van der Waals surface area contributed by atoms with Crippen molar-refractivity contribution in [3.05, 3.63) is 59.7 Å². The Bertz CT molecular complexity index is 931. The highest BCUT2D eigenvalue weighted by atomic mass is 16.5. The molecule has 166 valence electrons. The van der Waals surface area contributed by atoms with Crippen LogP contribution in [0.25, 0.3) is 6.08 Å². The van der Waals surface area contributed by atoms with Gasteiger partial charge in [-0.2, -0.15) is 0 Å². The van der Waals surface area contributed by atoms with E-state index in [-0.39, 0.29) is 24.0 Å². The highest BCUT2D eigenvalue weighted by Crippen LogP contribution is 2.28. The third kappa shape index (κ3) is 7.59. The van der Waals surface area contributed by atoms with Crippen molar-refractivity contribution in [1.29, 1.82) is 0 Å². The molecule has 5 nitrogen and oxygen atoms in total. The highest BCUT2D eigenvalue weighted by Gasteiger charge is 2.23. The van der Waals surface area contributed by atoms with E-state index < -0.39 is 5.41 Å². The average Bonchev–Trinajstić information content (AvgIpc) is 2.66. The summed E-state index contributed by atoms with van der Waals surface area (Å²) >= 11 is 0. The van der Waals surface area contributed by atoms with Gasteiger partial charge in [0, 0.05) is 17.2 Å². The van der Waals surface area contributed by atoms with Gasteiger partial charge in [-0.1, -0.05) is 0 Å². The Hall–Kier alpha value is -3.08. The normalized spacial score (nSPS) is 11.8. The zero-order valence-corrected chi connectivity index (χ0v) is 19.4. The molecule has 5 heteroatoms. The molecule has 0 N–H and O–H groups in total. The molecule has 0 radical (unpaired) electrons. The molecule has 0 atom stereocenters. The Morgan fingerprint density at radius 3 is 1.97 bits per heavy atom. The molecule has 0 saturated carbocycles. The maximum atomic E-state index is 12.6. The maximum Gasteiger partial charge on any atom is 0.316 e. The Labute approximate surface area is 185 Å². The molecular formula is C26H32O5. The van der Waals surface area contributed by atoms with E-state index in [9.17, 15) is 9.59 Å². The molecule has 0 fully saturated rings. The SMILES string of the molecule is CC(C)Oc1ccc(/C=C/C(=O)c2ccc(OC(=O)C(C)(C)C)cc2)c(OC(C)C)c1. The van der Waals surface area contributed by atoms with Crippen LogP contribution in [0.5, 0.6) is 17.2 Å². The molecule has 0 aliphatic rings. The summed E-state index contributed by atoms with van der Waals surface area (Å²) in [5.41, 5.74) is 0.690. The summed E-state index contributed by atoms with van der Waals surface area (Å²) < 4.78 is 17.0. The summed E-state index contributed by atoms with van der Waals surface area (Å²) in [5, 5.41) is 0. The molecule has 0 amide bonds. The van der Waals surface area contributed by atoms with Crippen molar-refractivity contribution in [2.24, 2.45) is 5.41 Å². The zero-order chi connectivity index (χ0) is 23.2. The van der Waals surface area contributed by atoms with E-state index in [2.05, 4.69) is 0 Å². The van der Waals surface area contributed by atoms with E-state index in [0.717, 1.165) is 11.3 Å². The van der Waals surface area contributed by atoms with Crippen molar-refractivity contribution < 1.29 is 23.8 Å². The monoisotopic (exact) mass is 424 g/mol. The first kappa shape index (κ1) is 24.2. The van der Waals surface area contributed by atoms with Crippen LogP contribution in [0.4, 0.5) is 0 Å². The molecule has 0 aliphatic heterocycles. The fraction of sp³-hybridized carbons (Fsp3) is 0.385. The van der Waals surface area contributed by atoms with Gasteiger partial charge in [0.25, 0.3) is 0 Å². The van der Waals surface area contributed by atoms with Gasteiger partial charge in [-0.3, -0.25) is 9.59 Å². The van der Waals surface area contributed by atoms with E-state index in [0.29, 0.717) is 17.1 Å². The molecule has 0 bridgehead atoms. The van der Waals surface area contributed by atoms with Crippen molar-refractivity contribution in [3.8, 4) is 17.2 Å². The average molecular weight is 425 g/mol. The summed E-state index contributed by atoms with van der Waals surface area (Å²) in [6, 6.07) is 12.1. The Kier molecular flexibility index (Phi) is 8.03. The maximum absolute atomic E-state index is 12.6. The van der Waals surface area contributed by atoms with Crippen LogP contribution in [-0.2, 0) is 4.79 Å². The van der Waals surface area contributed by atoms with E-state index in [1.54, 1.807) is 51.1 Å². The Balaban J connectivity index is 2.15. The smallest absolute Gasteiger partial charge is 0.316 e. The predicted octanol–water partition coefficient (Wildman–Crippen LogP) is 6.11. The number of carbonyl (C=O) groups is 2. The molecule has 2 aromatic carbocycles. The fourth-order valence-corrected chi connectivity index (χ4v) is 2.56. The van der Waals surface area contributed by atoms with Gasteiger partial charge >= 0.3 is 5.97 Å². The standard InChI is InChI=1S/C26H32O5/c1-17(2)29-22-14-10-20(24(16-22)30-18(3)4)11-15-23(27)19-8-12-21(13-9-19)31-25(28)26(5,6)7/h8-18H,1-7H3/b15-11+. The minimum absolute atomic E-state index is 0.0134. The number of rotatable bonds is 8. The summed E-state index contributed by atoms with van der Waals surface area (Å²) in [6.07, 6.45) is 3.27. The number of benzene rings is 2. The number of carbonyl (C=O) groups excluding carboxylic acids is 2. The van der Waals surface area contributed by atoms with E-state index in [1.165, 1.54) is 6.08 Å². The van der Waals surface area contributed by atoms with Gasteiger partial charge < -0.3 is 14.2 Å². The van der Waals surface area contributed by atoms with Crippen LogP contribution in [0.15, 0.2) is 48.5 Å². The number of ether oxygens (including phenoxy) is 3. The number of ketones is 1. The third-order valence-electron chi connectivity index (χ3n) is 4.10. The lowest BCUT2D eigenvalue weighted by molar-refractivity contribution is -0.143. The molecule has 31 heavy (non-hydrogen) atoms. The molecule has 0 aliphatic carbocycles. The van der Waals surface area contributed by atoms with Crippen LogP contribution in [0, 0.1) is 5.41 Å². The second-order valence-corrected chi connectivity index (χ2v) is 8.89.